The smallest absolute Gasteiger partial charge is 0.410 e. The number of aromatic amines is 1. The van der Waals surface area contributed by atoms with Gasteiger partial charge in [0.25, 0.3) is 0 Å². The summed E-state index contributed by atoms with van der Waals surface area (Å²) < 4.78 is 9.95. The Hall–Kier alpha value is -3.81. The topological polar surface area (TPSA) is 155 Å². The average Bonchev–Trinajstić information content (AvgIpc) is 3.27. The molecule has 0 bridgehead atoms. The molecule has 3 heterocycles. The minimum Gasteiger partial charge on any atom is -0.445 e. The van der Waals surface area contributed by atoms with Crippen LogP contribution in [-0.4, -0.2) is 77.4 Å². The van der Waals surface area contributed by atoms with Crippen molar-refractivity contribution in [2.75, 3.05) is 45.1 Å². The molecule has 1 aromatic heterocycles. The van der Waals surface area contributed by atoms with Gasteiger partial charge in [-0.3, -0.25) is 9.89 Å². The summed E-state index contributed by atoms with van der Waals surface area (Å²) in [4.78, 5) is 38.4. The Morgan fingerprint density at radius 1 is 1.08 bits per heavy atom. The largest absolute Gasteiger partial charge is 0.445 e. The highest BCUT2D eigenvalue weighted by molar-refractivity contribution is 5.85. The van der Waals surface area contributed by atoms with Crippen molar-refractivity contribution in [3.05, 3.63) is 36.6 Å². The van der Waals surface area contributed by atoms with Crippen molar-refractivity contribution in [2.45, 2.75) is 45.4 Å². The third-order valence-corrected chi connectivity index (χ3v) is 6.67. The second-order valence-electron chi connectivity index (χ2n) is 9.15. The summed E-state index contributed by atoms with van der Waals surface area (Å²) in [5.41, 5.74) is 7.86. The van der Waals surface area contributed by atoms with Crippen LogP contribution in [0.5, 0.6) is 0 Å². The Morgan fingerprint density at radius 3 is 1.97 bits per heavy atom. The van der Waals surface area contributed by atoms with Gasteiger partial charge in [0.05, 0.1) is 6.07 Å². The van der Waals surface area contributed by atoms with Crippen LogP contribution in [0.2, 0.25) is 0 Å². The van der Waals surface area contributed by atoms with Crippen LogP contribution in [0.1, 0.15) is 49.8 Å². The van der Waals surface area contributed by atoms with Crippen LogP contribution in [0.3, 0.4) is 0 Å². The molecule has 2 amide bonds. The molecule has 2 aliphatic heterocycles. The first-order chi connectivity index (χ1) is 17.7. The van der Waals surface area contributed by atoms with E-state index in [0.717, 1.165) is 24.1 Å². The van der Waals surface area contributed by atoms with E-state index in [1.165, 1.54) is 6.08 Å². The monoisotopic (exact) mass is 514 g/mol. The van der Waals surface area contributed by atoms with Crippen LogP contribution in [0.15, 0.2) is 25.3 Å². The number of hydrogen-bond donors (Lipinski definition) is 2. The van der Waals surface area contributed by atoms with Crippen molar-refractivity contribution in [1.82, 2.24) is 20.0 Å². The molecule has 11 heteroatoms. The predicted molar refractivity (Wildman–Crippen MR) is 138 cm³/mol. The first-order valence-electron chi connectivity index (χ1n) is 12.5. The number of H-pyrrole nitrogens is 1. The lowest BCUT2D eigenvalue weighted by atomic mass is 9.87. The first-order valence-corrected chi connectivity index (χ1v) is 12.5. The molecule has 0 saturated carbocycles. The van der Waals surface area contributed by atoms with E-state index in [4.69, 9.17) is 20.5 Å². The second kappa shape index (κ2) is 14.7. The number of rotatable bonds is 7. The number of nitrogens with two attached hydrogens (primary N) is 1. The third kappa shape index (κ3) is 8.37. The Bertz CT molecular complexity index is 984. The number of nitrogens with one attached hydrogen (secondary N) is 1. The molecule has 0 spiro atoms. The standard InChI is InChI=1S/C13H20N4O2.C13H18N2O3/c1-3-8-19-13(18)17-6-4-10(5-7-17)11-9(2)12(14)16-15-11;1-3-8-18-13(17)15-6-4-11(5-7-15)12(16)10(2)9-14/h3,10H,1,4-8H2,2H3,(H3,14,15,16);3,10-11H,1,4-8H2,2H3. The van der Waals surface area contributed by atoms with Crippen LogP contribution in [-0.2, 0) is 14.3 Å². The highest BCUT2D eigenvalue weighted by atomic mass is 16.6. The molecule has 0 aliphatic carbocycles. The van der Waals surface area contributed by atoms with Gasteiger partial charge in [-0.05, 0) is 39.5 Å². The van der Waals surface area contributed by atoms with Gasteiger partial charge >= 0.3 is 12.2 Å². The van der Waals surface area contributed by atoms with Crippen molar-refractivity contribution in [2.24, 2.45) is 11.8 Å². The SMILES string of the molecule is C=CCOC(=O)N1CCC(C(=O)C(C)C#N)CC1.C=CCOC(=O)N1CCC(c2[nH]nc(N)c2C)CC1. The molecule has 1 atom stereocenters. The van der Waals surface area contributed by atoms with Crippen LogP contribution in [0.25, 0.3) is 0 Å². The molecule has 202 valence electrons. The average molecular weight is 515 g/mol. The van der Waals surface area contributed by atoms with E-state index < -0.39 is 5.92 Å². The molecular formula is C26H38N6O5. The molecule has 11 nitrogen and oxygen atoms in total. The van der Waals surface area contributed by atoms with Crippen molar-refractivity contribution in [3.63, 3.8) is 0 Å². The van der Waals surface area contributed by atoms with Gasteiger partial charge in [-0.25, -0.2) is 9.59 Å². The normalized spacial score (nSPS) is 17.0. The van der Waals surface area contributed by atoms with Crippen LogP contribution >= 0.6 is 0 Å². The van der Waals surface area contributed by atoms with E-state index in [0.29, 0.717) is 50.8 Å². The number of carbonyl (C=O) groups is 3. The Labute approximate surface area is 218 Å². The fourth-order valence-electron chi connectivity index (χ4n) is 4.38. The summed E-state index contributed by atoms with van der Waals surface area (Å²) in [6.45, 7) is 13.4. The summed E-state index contributed by atoms with van der Waals surface area (Å²) >= 11 is 0. The number of aromatic nitrogens is 2. The van der Waals surface area contributed by atoms with Gasteiger partial charge in [-0.1, -0.05) is 25.3 Å². The number of nitrogen functional groups attached to an aromatic ring is 1. The van der Waals surface area contributed by atoms with Crippen molar-refractivity contribution in [1.29, 1.82) is 5.26 Å². The maximum Gasteiger partial charge on any atom is 0.410 e. The van der Waals surface area contributed by atoms with Crippen LogP contribution in [0.4, 0.5) is 15.4 Å². The minimum atomic E-state index is -0.561. The number of anilines is 1. The highest BCUT2D eigenvalue weighted by Gasteiger charge is 2.30. The van der Waals surface area contributed by atoms with Crippen molar-refractivity contribution in [3.8, 4) is 6.07 Å². The van der Waals surface area contributed by atoms with Crippen molar-refractivity contribution >= 4 is 23.8 Å². The quantitative estimate of drug-likeness (QED) is 0.524. The maximum absolute atomic E-state index is 11.8. The lowest BCUT2D eigenvalue weighted by Gasteiger charge is -2.30. The molecule has 3 N–H and O–H groups in total. The van der Waals surface area contributed by atoms with Gasteiger partial charge in [-0.15, -0.1) is 0 Å². The van der Waals surface area contributed by atoms with E-state index in [-0.39, 0.29) is 37.1 Å². The number of likely N-dealkylation sites (tertiary alicyclic amines) is 2. The molecular weight excluding hydrogens is 476 g/mol. The van der Waals surface area contributed by atoms with Gasteiger partial charge in [-0.2, -0.15) is 10.4 Å². The fraction of sp³-hybridized carbons (Fsp3) is 0.577. The minimum absolute atomic E-state index is 0.0170. The van der Waals surface area contributed by atoms with Gasteiger partial charge < -0.3 is 25.0 Å². The number of ether oxygens (including phenoxy) is 2. The van der Waals surface area contributed by atoms with Crippen LogP contribution in [0, 0.1) is 30.1 Å². The molecule has 2 aliphatic rings. The maximum atomic E-state index is 11.8. The number of Topliss-reactive ketones (excluding diaryl/α,β-unsaturated/α-hetero) is 1. The predicted octanol–water partition coefficient (Wildman–Crippen LogP) is 3.55. The molecule has 1 unspecified atom stereocenters. The number of nitriles is 1. The van der Waals surface area contributed by atoms with Crippen molar-refractivity contribution < 1.29 is 23.9 Å². The third-order valence-electron chi connectivity index (χ3n) is 6.67. The Morgan fingerprint density at radius 2 is 1.57 bits per heavy atom. The second-order valence-corrected chi connectivity index (χ2v) is 9.15. The molecule has 0 radical (unpaired) electrons. The fourth-order valence-corrected chi connectivity index (χ4v) is 4.38. The van der Waals surface area contributed by atoms with E-state index in [9.17, 15) is 14.4 Å². The molecule has 2 fully saturated rings. The number of amides is 2. The van der Waals surface area contributed by atoms with Gasteiger partial charge in [0.15, 0.2) is 5.78 Å². The van der Waals surface area contributed by atoms with E-state index in [2.05, 4.69) is 23.4 Å². The first kappa shape index (κ1) is 29.4. The van der Waals surface area contributed by atoms with Crippen LogP contribution < -0.4 is 5.73 Å². The zero-order chi connectivity index (χ0) is 27.4. The molecule has 37 heavy (non-hydrogen) atoms. The lowest BCUT2D eigenvalue weighted by molar-refractivity contribution is -0.126. The zero-order valence-electron chi connectivity index (χ0n) is 21.8. The van der Waals surface area contributed by atoms with E-state index >= 15 is 0 Å². The molecule has 0 aromatic carbocycles. The highest BCUT2D eigenvalue weighted by Crippen LogP contribution is 2.30. The van der Waals surface area contributed by atoms with Gasteiger partial charge in [0, 0.05) is 49.3 Å². The van der Waals surface area contributed by atoms with E-state index in [1.807, 2.05) is 13.0 Å². The molecule has 1 aromatic rings. The number of ketones is 1. The van der Waals surface area contributed by atoms with Gasteiger partial charge in [0.2, 0.25) is 0 Å². The Balaban J connectivity index is 0.000000261. The zero-order valence-corrected chi connectivity index (χ0v) is 21.8. The number of nitrogens with zero attached hydrogens (tertiary/aromatic N) is 4. The summed E-state index contributed by atoms with van der Waals surface area (Å²) in [5, 5.41) is 15.7. The molecule has 2 saturated heterocycles. The van der Waals surface area contributed by atoms with E-state index in [1.54, 1.807) is 22.8 Å². The summed E-state index contributed by atoms with van der Waals surface area (Å²) in [5.74, 6) is 0.255. The Kier molecular flexibility index (Phi) is 11.7. The summed E-state index contributed by atoms with van der Waals surface area (Å²) in [7, 11) is 0. The number of carbonyl (C=O) groups excluding carboxylic acids is 3. The summed E-state index contributed by atoms with van der Waals surface area (Å²) in [6.07, 6.45) is 5.46. The lowest BCUT2D eigenvalue weighted by Crippen LogP contribution is -2.41. The van der Waals surface area contributed by atoms with Gasteiger partial charge in [0.1, 0.15) is 24.9 Å². The summed E-state index contributed by atoms with van der Waals surface area (Å²) in [6, 6.07) is 1.96. The molecule has 3 rings (SSSR count). The number of piperidine rings is 2. The number of hydrogen-bond acceptors (Lipinski definition) is 8.